The smallest absolute Gasteiger partial charge is 0.263 e. The Morgan fingerprint density at radius 3 is 2.76 bits per heavy atom. The molecule has 6 nitrogen and oxygen atoms in total. The summed E-state index contributed by atoms with van der Waals surface area (Å²) in [5, 5.41) is 4.33. The Bertz CT molecular complexity index is 1170. The number of carbonyl (C=O) groups is 1. The number of nitrogens with one attached hydrogen (secondary N) is 1. The van der Waals surface area contributed by atoms with E-state index in [1.807, 2.05) is 42.8 Å². The Kier molecular flexibility index (Phi) is 5.51. The van der Waals surface area contributed by atoms with Crippen LogP contribution in [0.1, 0.15) is 31.6 Å². The molecule has 0 aliphatic carbocycles. The van der Waals surface area contributed by atoms with E-state index in [0.717, 1.165) is 21.9 Å². The highest BCUT2D eigenvalue weighted by Crippen LogP contribution is 2.21. The molecule has 0 spiro atoms. The molecule has 0 unspecified atom stereocenters. The summed E-state index contributed by atoms with van der Waals surface area (Å²) in [5.74, 6) is 0.543. The van der Waals surface area contributed by atoms with Gasteiger partial charge in [0.05, 0.1) is 17.9 Å². The van der Waals surface area contributed by atoms with E-state index in [9.17, 15) is 4.79 Å². The van der Waals surface area contributed by atoms with Crippen molar-refractivity contribution in [1.29, 1.82) is 0 Å². The van der Waals surface area contributed by atoms with Gasteiger partial charge in [-0.1, -0.05) is 17.7 Å². The minimum Gasteiger partial charge on any atom is -0.486 e. The molecule has 0 aliphatic rings. The highest BCUT2D eigenvalue weighted by Gasteiger charge is 2.16. The van der Waals surface area contributed by atoms with Gasteiger partial charge in [0.25, 0.3) is 5.91 Å². The van der Waals surface area contributed by atoms with Crippen LogP contribution in [-0.4, -0.2) is 20.3 Å². The molecule has 0 atom stereocenters. The van der Waals surface area contributed by atoms with Gasteiger partial charge in [-0.05, 0) is 49.7 Å². The van der Waals surface area contributed by atoms with Crippen molar-refractivity contribution in [1.82, 2.24) is 19.7 Å². The third kappa shape index (κ3) is 4.41. The topological polar surface area (TPSA) is 68.5 Å². The zero-order valence-corrected chi connectivity index (χ0v) is 17.5. The van der Waals surface area contributed by atoms with Crippen molar-refractivity contribution in [3.8, 4) is 5.75 Å². The Morgan fingerprint density at radius 2 is 2.00 bits per heavy atom. The fourth-order valence-electron chi connectivity index (χ4n) is 2.94. The number of pyridine rings is 1. The monoisotopic (exact) mass is 426 g/mol. The number of halogens is 1. The predicted molar refractivity (Wildman–Crippen MR) is 114 cm³/mol. The number of aryl methyl sites for hydroxylation is 2. The lowest BCUT2D eigenvalue weighted by Crippen LogP contribution is -2.22. The molecule has 0 saturated heterocycles. The number of rotatable bonds is 6. The van der Waals surface area contributed by atoms with Crippen LogP contribution in [0, 0.1) is 13.8 Å². The molecular formula is C21H19ClN4O2S. The van der Waals surface area contributed by atoms with Crippen LogP contribution in [0.25, 0.3) is 5.65 Å². The molecule has 148 valence electrons. The van der Waals surface area contributed by atoms with Gasteiger partial charge in [0.1, 0.15) is 27.9 Å². The molecule has 1 aromatic carbocycles. The zero-order chi connectivity index (χ0) is 20.4. The van der Waals surface area contributed by atoms with Gasteiger partial charge < -0.3 is 14.5 Å². The third-order valence-electron chi connectivity index (χ3n) is 4.38. The van der Waals surface area contributed by atoms with E-state index in [1.165, 1.54) is 11.3 Å². The molecule has 0 saturated carbocycles. The number of aromatic nitrogens is 3. The predicted octanol–water partition coefficient (Wildman–Crippen LogP) is 4.57. The summed E-state index contributed by atoms with van der Waals surface area (Å²) >= 11 is 7.21. The lowest BCUT2D eigenvalue weighted by Gasteiger charge is -2.03. The van der Waals surface area contributed by atoms with Crippen LogP contribution in [0.15, 0.2) is 48.8 Å². The van der Waals surface area contributed by atoms with Crippen molar-refractivity contribution in [3.63, 3.8) is 0 Å². The maximum Gasteiger partial charge on any atom is 0.263 e. The molecule has 1 amide bonds. The van der Waals surface area contributed by atoms with Crippen molar-refractivity contribution in [2.24, 2.45) is 0 Å². The number of amides is 1. The van der Waals surface area contributed by atoms with E-state index >= 15 is 0 Å². The van der Waals surface area contributed by atoms with Crippen molar-refractivity contribution in [2.75, 3.05) is 0 Å². The molecule has 4 aromatic rings. The molecule has 0 aliphatic heterocycles. The van der Waals surface area contributed by atoms with Gasteiger partial charge in [0.15, 0.2) is 0 Å². The maximum atomic E-state index is 12.6. The van der Waals surface area contributed by atoms with Gasteiger partial charge in [-0.25, -0.2) is 9.97 Å². The van der Waals surface area contributed by atoms with E-state index in [4.69, 9.17) is 16.3 Å². The van der Waals surface area contributed by atoms with Crippen molar-refractivity contribution in [2.45, 2.75) is 27.0 Å². The summed E-state index contributed by atoms with van der Waals surface area (Å²) in [6.45, 7) is 4.49. The van der Waals surface area contributed by atoms with Crippen LogP contribution < -0.4 is 10.1 Å². The number of imidazole rings is 1. The lowest BCUT2D eigenvalue weighted by atomic mass is 10.3. The van der Waals surface area contributed by atoms with Crippen LogP contribution >= 0.6 is 22.9 Å². The number of hydrogen-bond donors (Lipinski definition) is 1. The number of hydrogen-bond acceptors (Lipinski definition) is 5. The SMILES string of the molecule is Cc1nc(COc2ccc(Cl)cc2)sc1C(=O)NCc1cn2cccc(C)c2n1. The molecule has 1 N–H and O–H groups in total. The highest BCUT2D eigenvalue weighted by atomic mass is 35.5. The minimum atomic E-state index is -0.161. The Labute approximate surface area is 177 Å². The first kappa shape index (κ1) is 19.4. The quantitative estimate of drug-likeness (QED) is 0.490. The van der Waals surface area contributed by atoms with Crippen molar-refractivity contribution >= 4 is 34.5 Å². The summed E-state index contributed by atoms with van der Waals surface area (Å²) in [5.41, 5.74) is 3.48. The number of nitrogens with zero attached hydrogens (tertiary/aromatic N) is 3. The van der Waals surface area contributed by atoms with Crippen molar-refractivity contribution in [3.05, 3.63) is 80.7 Å². The summed E-state index contributed by atoms with van der Waals surface area (Å²) in [7, 11) is 0. The first-order chi connectivity index (χ1) is 14.0. The van der Waals surface area contributed by atoms with E-state index in [2.05, 4.69) is 15.3 Å². The van der Waals surface area contributed by atoms with Crippen LogP contribution in [0.3, 0.4) is 0 Å². The summed E-state index contributed by atoms with van der Waals surface area (Å²) < 4.78 is 7.67. The van der Waals surface area contributed by atoms with Crippen LogP contribution in [-0.2, 0) is 13.2 Å². The Morgan fingerprint density at radius 1 is 1.21 bits per heavy atom. The van der Waals surface area contributed by atoms with Gasteiger partial charge in [-0.3, -0.25) is 4.79 Å². The van der Waals surface area contributed by atoms with Gasteiger partial charge in [0.2, 0.25) is 0 Å². The number of ether oxygens (including phenoxy) is 1. The minimum absolute atomic E-state index is 0.161. The van der Waals surface area contributed by atoms with Gasteiger partial charge in [-0.2, -0.15) is 0 Å². The maximum absolute atomic E-state index is 12.6. The third-order valence-corrected chi connectivity index (χ3v) is 5.76. The molecule has 29 heavy (non-hydrogen) atoms. The van der Waals surface area contributed by atoms with Crippen LogP contribution in [0.2, 0.25) is 5.02 Å². The van der Waals surface area contributed by atoms with E-state index in [1.54, 1.807) is 24.3 Å². The standard InChI is InChI=1S/C21H19ClN4O2S/c1-13-4-3-9-26-11-16(25-20(13)26)10-23-21(27)19-14(2)24-18(29-19)12-28-17-7-5-15(22)6-8-17/h3-9,11H,10,12H2,1-2H3,(H,23,27). The Hall–Kier alpha value is -2.90. The second-order valence-corrected chi connectivity index (χ2v) is 8.12. The molecule has 0 bridgehead atoms. The lowest BCUT2D eigenvalue weighted by molar-refractivity contribution is 0.0953. The largest absolute Gasteiger partial charge is 0.486 e. The van der Waals surface area contributed by atoms with Gasteiger partial charge in [0, 0.05) is 17.4 Å². The van der Waals surface area contributed by atoms with Gasteiger partial charge in [-0.15, -0.1) is 11.3 Å². The number of carbonyl (C=O) groups excluding carboxylic acids is 1. The summed E-state index contributed by atoms with van der Waals surface area (Å²) in [4.78, 5) is 22.2. The Balaban J connectivity index is 1.39. The number of fused-ring (bicyclic) bond motifs is 1. The second kappa shape index (κ2) is 8.23. The second-order valence-electron chi connectivity index (χ2n) is 6.60. The first-order valence-corrected chi connectivity index (χ1v) is 10.2. The molecular weight excluding hydrogens is 408 g/mol. The summed E-state index contributed by atoms with van der Waals surface area (Å²) in [6.07, 6.45) is 3.87. The number of thiazole rings is 1. The number of benzene rings is 1. The fourth-order valence-corrected chi connectivity index (χ4v) is 3.96. The molecule has 3 aromatic heterocycles. The normalized spacial score (nSPS) is 11.0. The first-order valence-electron chi connectivity index (χ1n) is 9.05. The molecule has 0 fully saturated rings. The van der Waals surface area contributed by atoms with Crippen LogP contribution in [0.5, 0.6) is 5.75 Å². The highest BCUT2D eigenvalue weighted by molar-refractivity contribution is 7.13. The average molecular weight is 427 g/mol. The van der Waals surface area contributed by atoms with Crippen LogP contribution in [0.4, 0.5) is 0 Å². The van der Waals surface area contributed by atoms with Gasteiger partial charge >= 0.3 is 0 Å². The molecule has 4 rings (SSSR count). The molecule has 3 heterocycles. The summed E-state index contributed by atoms with van der Waals surface area (Å²) in [6, 6.07) is 11.1. The zero-order valence-electron chi connectivity index (χ0n) is 16.0. The fraction of sp³-hybridized carbons (Fsp3) is 0.190. The van der Waals surface area contributed by atoms with E-state index < -0.39 is 0 Å². The van der Waals surface area contributed by atoms with E-state index in [0.29, 0.717) is 34.5 Å². The average Bonchev–Trinajstić information content (AvgIpc) is 3.30. The van der Waals surface area contributed by atoms with Crippen molar-refractivity contribution < 1.29 is 9.53 Å². The van der Waals surface area contributed by atoms with E-state index in [-0.39, 0.29) is 5.91 Å². The molecule has 8 heteroatoms. The molecule has 0 radical (unpaired) electrons.